The molecule has 0 radical (unpaired) electrons. The smallest absolute Gasteiger partial charge is 0.463 e. The first-order chi connectivity index (χ1) is 12.3. The SMILES string of the molecule is CC(=O)OC[C@H]1O[C@@H](F)[C@H](NC(=O)C(F)(F)F)[C@@H](OC(C)=O)[C@@H]1OC(C)=O. The number of esters is 3. The van der Waals surface area contributed by atoms with E-state index in [1.165, 1.54) is 5.32 Å². The van der Waals surface area contributed by atoms with Crippen LogP contribution in [0.5, 0.6) is 0 Å². The fourth-order valence-electron chi connectivity index (χ4n) is 2.28. The van der Waals surface area contributed by atoms with Gasteiger partial charge in [-0.25, -0.2) is 4.39 Å². The number of halogens is 4. The van der Waals surface area contributed by atoms with Gasteiger partial charge >= 0.3 is 30.0 Å². The van der Waals surface area contributed by atoms with E-state index >= 15 is 0 Å². The molecule has 0 unspecified atom stereocenters. The zero-order valence-corrected chi connectivity index (χ0v) is 14.4. The Bertz CT molecular complexity index is 596. The molecule has 1 rings (SSSR count). The second-order valence-electron chi connectivity index (χ2n) is 5.47. The molecule has 9 nitrogen and oxygen atoms in total. The molecule has 0 saturated carbocycles. The van der Waals surface area contributed by atoms with Gasteiger partial charge in [-0.3, -0.25) is 19.2 Å². The van der Waals surface area contributed by atoms with E-state index in [0.29, 0.717) is 0 Å². The molecule has 5 atom stereocenters. The van der Waals surface area contributed by atoms with Crippen LogP contribution in [0.1, 0.15) is 20.8 Å². The number of nitrogens with one attached hydrogen (secondary N) is 1. The Morgan fingerprint density at radius 3 is 1.93 bits per heavy atom. The number of carbonyl (C=O) groups is 4. The van der Waals surface area contributed by atoms with Crippen molar-refractivity contribution >= 4 is 23.8 Å². The van der Waals surface area contributed by atoms with Gasteiger partial charge < -0.3 is 24.3 Å². The molecule has 0 aliphatic carbocycles. The summed E-state index contributed by atoms with van der Waals surface area (Å²) >= 11 is 0. The molecule has 1 heterocycles. The summed E-state index contributed by atoms with van der Waals surface area (Å²) in [5, 5.41) is 1.31. The molecule has 1 aliphatic heterocycles. The summed E-state index contributed by atoms with van der Waals surface area (Å²) in [6.45, 7) is 2.17. The lowest BCUT2D eigenvalue weighted by Gasteiger charge is -2.42. The topological polar surface area (TPSA) is 117 Å². The molecule has 154 valence electrons. The third kappa shape index (κ3) is 6.66. The molecule has 1 N–H and O–H groups in total. The summed E-state index contributed by atoms with van der Waals surface area (Å²) < 4.78 is 70.8. The van der Waals surface area contributed by atoms with Crippen LogP contribution in [0.4, 0.5) is 17.6 Å². The highest BCUT2D eigenvalue weighted by Gasteiger charge is 2.53. The summed E-state index contributed by atoms with van der Waals surface area (Å²) in [6.07, 6.45) is -13.0. The first kappa shape index (κ1) is 22.6. The van der Waals surface area contributed by atoms with Gasteiger partial charge in [0, 0.05) is 20.8 Å². The minimum absolute atomic E-state index is 0.647. The fraction of sp³-hybridized carbons (Fsp3) is 0.714. The van der Waals surface area contributed by atoms with Gasteiger partial charge in [-0.15, -0.1) is 0 Å². The van der Waals surface area contributed by atoms with Gasteiger partial charge in [0.15, 0.2) is 12.2 Å². The molecular formula is C14H17F4NO8. The van der Waals surface area contributed by atoms with Crippen LogP contribution >= 0.6 is 0 Å². The number of hydrogen-bond acceptors (Lipinski definition) is 8. The first-order valence-electron chi connectivity index (χ1n) is 7.48. The standard InChI is InChI=1S/C14H17F4NO8/c1-5(20)24-4-8-10(25-6(2)21)11(26-7(3)22)9(12(15)27-8)19-13(23)14(16,17)18/h8-12H,4H2,1-3H3,(H,19,23)/t8-,9-,10-,11-,12-/m1/s1. The number of ether oxygens (including phenoxy) is 4. The average molecular weight is 403 g/mol. The highest BCUT2D eigenvalue weighted by molar-refractivity contribution is 5.82. The molecule has 1 fully saturated rings. The average Bonchev–Trinajstić information content (AvgIpc) is 2.49. The van der Waals surface area contributed by atoms with E-state index in [4.69, 9.17) is 14.2 Å². The van der Waals surface area contributed by atoms with Crippen LogP contribution in [-0.2, 0) is 38.1 Å². The van der Waals surface area contributed by atoms with Gasteiger partial charge in [-0.2, -0.15) is 13.2 Å². The van der Waals surface area contributed by atoms with Gasteiger partial charge in [-0.1, -0.05) is 0 Å². The van der Waals surface area contributed by atoms with Crippen LogP contribution in [0.3, 0.4) is 0 Å². The Balaban J connectivity index is 3.18. The molecule has 0 aromatic carbocycles. The third-order valence-corrected chi connectivity index (χ3v) is 3.24. The van der Waals surface area contributed by atoms with E-state index in [2.05, 4.69) is 4.74 Å². The highest BCUT2D eigenvalue weighted by atomic mass is 19.4. The normalized spacial score (nSPS) is 28.0. The van der Waals surface area contributed by atoms with Crippen LogP contribution in [0.2, 0.25) is 0 Å². The van der Waals surface area contributed by atoms with Crippen molar-refractivity contribution in [2.45, 2.75) is 57.7 Å². The maximum Gasteiger partial charge on any atom is 0.471 e. The maximum atomic E-state index is 14.3. The van der Waals surface area contributed by atoms with Crippen molar-refractivity contribution in [1.29, 1.82) is 0 Å². The van der Waals surface area contributed by atoms with Gasteiger partial charge in [-0.05, 0) is 0 Å². The first-order valence-corrected chi connectivity index (χ1v) is 7.48. The molecule has 13 heteroatoms. The van der Waals surface area contributed by atoms with Crippen LogP contribution in [0.25, 0.3) is 0 Å². The van der Waals surface area contributed by atoms with Gasteiger partial charge in [0.1, 0.15) is 18.8 Å². The minimum Gasteiger partial charge on any atom is -0.463 e. The van der Waals surface area contributed by atoms with Gasteiger partial charge in [0.2, 0.25) is 6.36 Å². The summed E-state index contributed by atoms with van der Waals surface area (Å²) in [5.74, 6) is -5.33. The second-order valence-corrected chi connectivity index (χ2v) is 5.47. The summed E-state index contributed by atoms with van der Waals surface area (Å²) in [4.78, 5) is 44.7. The van der Waals surface area contributed by atoms with E-state index in [1.54, 1.807) is 0 Å². The quantitative estimate of drug-likeness (QED) is 0.392. The lowest BCUT2D eigenvalue weighted by atomic mass is 9.96. The zero-order chi connectivity index (χ0) is 20.9. The Hall–Kier alpha value is -2.44. The Morgan fingerprint density at radius 1 is 0.963 bits per heavy atom. The van der Waals surface area contributed by atoms with Crippen molar-refractivity contribution in [1.82, 2.24) is 5.32 Å². The Morgan fingerprint density at radius 2 is 1.48 bits per heavy atom. The lowest BCUT2D eigenvalue weighted by molar-refractivity contribution is -0.247. The van der Waals surface area contributed by atoms with Crippen molar-refractivity contribution in [3.8, 4) is 0 Å². The lowest BCUT2D eigenvalue weighted by Crippen LogP contribution is -2.66. The monoisotopic (exact) mass is 403 g/mol. The molecule has 1 amide bonds. The van der Waals surface area contributed by atoms with E-state index in [0.717, 1.165) is 20.8 Å². The van der Waals surface area contributed by atoms with Crippen molar-refractivity contribution in [3.63, 3.8) is 0 Å². The predicted octanol–water partition coefficient (Wildman–Crippen LogP) is 0.154. The van der Waals surface area contributed by atoms with Crippen molar-refractivity contribution in [2.24, 2.45) is 0 Å². The van der Waals surface area contributed by atoms with Gasteiger partial charge in [0.25, 0.3) is 0 Å². The summed E-state index contributed by atoms with van der Waals surface area (Å²) in [5.41, 5.74) is 0. The fourth-order valence-corrected chi connectivity index (χ4v) is 2.28. The van der Waals surface area contributed by atoms with E-state index < -0.39 is 67.3 Å². The molecule has 27 heavy (non-hydrogen) atoms. The number of amides is 1. The van der Waals surface area contributed by atoms with Crippen LogP contribution in [0.15, 0.2) is 0 Å². The third-order valence-electron chi connectivity index (χ3n) is 3.24. The maximum absolute atomic E-state index is 14.3. The van der Waals surface area contributed by atoms with Crippen molar-refractivity contribution in [3.05, 3.63) is 0 Å². The molecule has 1 aliphatic rings. The molecule has 0 bridgehead atoms. The van der Waals surface area contributed by atoms with Crippen molar-refractivity contribution < 1.29 is 55.7 Å². The highest BCUT2D eigenvalue weighted by Crippen LogP contribution is 2.28. The summed E-state index contributed by atoms with van der Waals surface area (Å²) in [7, 11) is 0. The van der Waals surface area contributed by atoms with Crippen LogP contribution < -0.4 is 5.32 Å². The predicted molar refractivity (Wildman–Crippen MR) is 75.5 cm³/mol. The molecule has 1 saturated heterocycles. The van der Waals surface area contributed by atoms with Gasteiger partial charge in [0.05, 0.1) is 0 Å². The number of hydrogen-bond donors (Lipinski definition) is 1. The Labute approximate surface area is 150 Å². The minimum atomic E-state index is -5.36. The number of carbonyl (C=O) groups excluding carboxylic acids is 4. The van der Waals surface area contributed by atoms with E-state index in [9.17, 15) is 36.7 Å². The van der Waals surface area contributed by atoms with E-state index in [-0.39, 0.29) is 0 Å². The Kier molecular flexibility index (Phi) is 7.51. The number of rotatable bonds is 5. The van der Waals surface area contributed by atoms with Crippen LogP contribution in [-0.4, -0.2) is 67.3 Å². The number of alkyl halides is 4. The molecular weight excluding hydrogens is 386 g/mol. The molecule has 0 aromatic rings. The molecule has 0 aromatic heterocycles. The largest absolute Gasteiger partial charge is 0.471 e. The van der Waals surface area contributed by atoms with Crippen molar-refractivity contribution in [2.75, 3.05) is 6.61 Å². The second kappa shape index (κ2) is 8.97. The zero-order valence-electron chi connectivity index (χ0n) is 14.4. The van der Waals surface area contributed by atoms with E-state index in [1.807, 2.05) is 0 Å². The van der Waals surface area contributed by atoms with Crippen LogP contribution in [0, 0.1) is 0 Å². The summed E-state index contributed by atoms with van der Waals surface area (Å²) in [6, 6.07) is -2.14. The molecule has 0 spiro atoms.